The standard InChI is InChI=1S/C24H28F3N3O2/c25-24(26,27)21-9-20(6-5-18(21)10-28)30-11-19-7-8-29(22(31)17-3-4-17)13-23(19,14-30)15-32-12-16-1-2-16/h5-6,9,16-17,19H,1-4,7-8,11-15H2/t19-,23+/m0/s1. The van der Waals surface area contributed by atoms with E-state index < -0.39 is 11.7 Å². The molecule has 5 nitrogen and oxygen atoms in total. The second-order valence-corrected chi connectivity index (χ2v) is 10.1. The van der Waals surface area contributed by atoms with E-state index in [9.17, 15) is 18.0 Å². The highest BCUT2D eigenvalue weighted by molar-refractivity contribution is 5.81. The number of halogens is 3. The first kappa shape index (κ1) is 21.6. The topological polar surface area (TPSA) is 56.6 Å². The number of likely N-dealkylation sites (tertiary alicyclic amines) is 1. The number of fused-ring (bicyclic) bond motifs is 1. The van der Waals surface area contributed by atoms with Crippen LogP contribution in [0.25, 0.3) is 0 Å². The summed E-state index contributed by atoms with van der Waals surface area (Å²) in [5.74, 6) is 1.26. The number of benzene rings is 1. The van der Waals surface area contributed by atoms with E-state index in [1.54, 1.807) is 12.1 Å². The van der Waals surface area contributed by atoms with Gasteiger partial charge in [-0.05, 0) is 62.1 Å². The van der Waals surface area contributed by atoms with Gasteiger partial charge in [-0.3, -0.25) is 4.79 Å². The van der Waals surface area contributed by atoms with Crippen molar-refractivity contribution in [1.82, 2.24) is 4.90 Å². The lowest BCUT2D eigenvalue weighted by atomic mass is 9.73. The molecule has 32 heavy (non-hydrogen) atoms. The molecule has 0 N–H and O–H groups in total. The third-order valence-corrected chi connectivity index (χ3v) is 7.54. The average Bonchev–Trinajstić information content (AvgIpc) is 3.69. The largest absolute Gasteiger partial charge is 0.417 e. The summed E-state index contributed by atoms with van der Waals surface area (Å²) in [7, 11) is 0. The Morgan fingerprint density at radius 1 is 1.19 bits per heavy atom. The molecule has 0 radical (unpaired) electrons. The molecule has 0 aromatic heterocycles. The van der Waals surface area contributed by atoms with Gasteiger partial charge in [0.05, 0.1) is 23.8 Å². The van der Waals surface area contributed by atoms with Crippen LogP contribution in [-0.2, 0) is 15.7 Å². The number of ether oxygens (including phenoxy) is 1. The van der Waals surface area contributed by atoms with Gasteiger partial charge in [0.15, 0.2) is 0 Å². The van der Waals surface area contributed by atoms with Crippen LogP contribution in [0.3, 0.4) is 0 Å². The maximum absolute atomic E-state index is 13.5. The molecule has 2 saturated heterocycles. The summed E-state index contributed by atoms with van der Waals surface area (Å²) in [4.78, 5) is 16.7. The molecule has 8 heteroatoms. The molecule has 0 unspecified atom stereocenters. The van der Waals surface area contributed by atoms with Gasteiger partial charge in [0.1, 0.15) is 0 Å². The van der Waals surface area contributed by atoms with Crippen molar-refractivity contribution in [2.24, 2.45) is 23.2 Å². The number of alkyl halides is 3. The van der Waals surface area contributed by atoms with Gasteiger partial charge in [0, 0.05) is 49.8 Å². The highest BCUT2D eigenvalue weighted by Crippen LogP contribution is 2.46. The first-order chi connectivity index (χ1) is 15.3. The number of hydrogen-bond acceptors (Lipinski definition) is 4. The summed E-state index contributed by atoms with van der Waals surface area (Å²) in [5.41, 5.74) is -1.05. The third kappa shape index (κ3) is 4.19. The summed E-state index contributed by atoms with van der Waals surface area (Å²) in [6, 6.07) is 5.62. The average molecular weight is 448 g/mol. The Morgan fingerprint density at radius 2 is 1.97 bits per heavy atom. The van der Waals surface area contributed by atoms with Gasteiger partial charge in [0.25, 0.3) is 0 Å². The fourth-order valence-electron chi connectivity index (χ4n) is 5.34. The summed E-state index contributed by atoms with van der Waals surface area (Å²) in [5, 5.41) is 9.11. The molecule has 2 heterocycles. The molecule has 1 aromatic rings. The number of rotatable bonds is 6. The zero-order valence-electron chi connectivity index (χ0n) is 18.0. The molecule has 4 fully saturated rings. The minimum Gasteiger partial charge on any atom is -0.380 e. The second-order valence-electron chi connectivity index (χ2n) is 10.1. The van der Waals surface area contributed by atoms with Crippen LogP contribution < -0.4 is 4.90 Å². The summed E-state index contributed by atoms with van der Waals surface area (Å²) in [6.45, 7) is 3.76. The van der Waals surface area contributed by atoms with Gasteiger partial charge in [-0.1, -0.05) is 0 Å². The van der Waals surface area contributed by atoms with Crippen molar-refractivity contribution < 1.29 is 22.7 Å². The van der Waals surface area contributed by atoms with Crippen LogP contribution in [0.4, 0.5) is 18.9 Å². The molecule has 1 amide bonds. The quantitative estimate of drug-likeness (QED) is 0.660. The van der Waals surface area contributed by atoms with Gasteiger partial charge in [-0.15, -0.1) is 0 Å². The Balaban J connectivity index is 1.39. The van der Waals surface area contributed by atoms with Crippen LogP contribution in [0.2, 0.25) is 0 Å². The zero-order valence-corrected chi connectivity index (χ0v) is 18.0. The number of anilines is 1. The number of nitriles is 1. The van der Waals surface area contributed by atoms with E-state index in [1.165, 1.54) is 18.9 Å². The lowest BCUT2D eigenvalue weighted by molar-refractivity contribution is -0.139. The molecular formula is C24H28F3N3O2. The predicted octanol–water partition coefficient (Wildman–Crippen LogP) is 4.07. The molecule has 2 atom stereocenters. The van der Waals surface area contributed by atoms with Gasteiger partial charge in [0.2, 0.25) is 5.91 Å². The summed E-state index contributed by atoms with van der Waals surface area (Å²) >= 11 is 0. The lowest BCUT2D eigenvalue weighted by Crippen LogP contribution is -2.53. The Morgan fingerprint density at radius 3 is 2.62 bits per heavy atom. The Hall–Kier alpha value is -2.27. The van der Waals surface area contributed by atoms with Crippen LogP contribution in [0.1, 0.15) is 43.2 Å². The number of hydrogen-bond donors (Lipinski definition) is 0. The van der Waals surface area contributed by atoms with Gasteiger partial charge >= 0.3 is 6.18 Å². The maximum atomic E-state index is 13.5. The molecule has 2 aliphatic carbocycles. The fraction of sp³-hybridized carbons (Fsp3) is 0.667. The molecule has 4 aliphatic rings. The van der Waals surface area contributed by atoms with Crippen LogP contribution in [-0.4, -0.2) is 50.2 Å². The molecule has 2 aliphatic heterocycles. The minimum atomic E-state index is -4.58. The Bertz CT molecular complexity index is 935. The van der Waals surface area contributed by atoms with Crippen LogP contribution in [0.5, 0.6) is 0 Å². The number of piperidine rings is 1. The molecular weight excluding hydrogens is 419 g/mol. The lowest BCUT2D eigenvalue weighted by Gasteiger charge is -2.44. The SMILES string of the molecule is N#Cc1ccc(N2C[C@@H]3CCN(C(=O)C4CC4)C[C@]3(COCC3CC3)C2)cc1C(F)(F)F. The van der Waals surface area contributed by atoms with Crippen LogP contribution in [0.15, 0.2) is 18.2 Å². The zero-order chi connectivity index (χ0) is 22.5. The second kappa shape index (κ2) is 7.95. The summed E-state index contributed by atoms with van der Waals surface area (Å²) < 4.78 is 46.6. The van der Waals surface area contributed by atoms with E-state index in [0.717, 1.165) is 31.9 Å². The number of amides is 1. The molecule has 5 rings (SSSR count). The van der Waals surface area contributed by atoms with E-state index >= 15 is 0 Å². The molecule has 0 spiro atoms. The predicted molar refractivity (Wildman–Crippen MR) is 112 cm³/mol. The van der Waals surface area contributed by atoms with Crippen LogP contribution >= 0.6 is 0 Å². The third-order valence-electron chi connectivity index (χ3n) is 7.54. The minimum absolute atomic E-state index is 0.154. The van der Waals surface area contributed by atoms with Crippen molar-refractivity contribution in [2.45, 2.75) is 38.3 Å². The van der Waals surface area contributed by atoms with Crippen molar-refractivity contribution in [1.29, 1.82) is 5.26 Å². The van der Waals surface area contributed by atoms with E-state index in [0.29, 0.717) is 44.4 Å². The highest BCUT2D eigenvalue weighted by atomic mass is 19.4. The van der Waals surface area contributed by atoms with Gasteiger partial charge < -0.3 is 14.5 Å². The number of nitrogens with zero attached hydrogens (tertiary/aromatic N) is 3. The Kier molecular flexibility index (Phi) is 5.36. The van der Waals surface area contributed by atoms with E-state index in [2.05, 4.69) is 0 Å². The molecule has 2 saturated carbocycles. The fourth-order valence-corrected chi connectivity index (χ4v) is 5.34. The molecule has 0 bridgehead atoms. The Labute approximate surface area is 186 Å². The van der Waals surface area contributed by atoms with Gasteiger partial charge in [-0.2, -0.15) is 18.4 Å². The number of carbonyl (C=O) groups excluding carboxylic acids is 1. The van der Waals surface area contributed by atoms with Crippen molar-refractivity contribution in [3.8, 4) is 6.07 Å². The summed E-state index contributed by atoms with van der Waals surface area (Å²) in [6.07, 6.45) is 0.569. The highest BCUT2D eigenvalue weighted by Gasteiger charge is 2.52. The van der Waals surface area contributed by atoms with Crippen molar-refractivity contribution in [3.05, 3.63) is 29.3 Å². The molecule has 1 aromatic carbocycles. The van der Waals surface area contributed by atoms with E-state index in [1.807, 2.05) is 9.80 Å². The number of carbonyl (C=O) groups is 1. The van der Waals surface area contributed by atoms with Crippen molar-refractivity contribution >= 4 is 11.6 Å². The van der Waals surface area contributed by atoms with E-state index in [-0.39, 0.29) is 28.7 Å². The maximum Gasteiger partial charge on any atom is 0.417 e. The first-order valence-corrected chi connectivity index (χ1v) is 11.5. The van der Waals surface area contributed by atoms with Crippen molar-refractivity contribution in [3.63, 3.8) is 0 Å². The monoisotopic (exact) mass is 447 g/mol. The first-order valence-electron chi connectivity index (χ1n) is 11.5. The molecule has 172 valence electrons. The van der Waals surface area contributed by atoms with Gasteiger partial charge in [-0.25, -0.2) is 0 Å². The normalized spacial score (nSPS) is 27.9. The smallest absolute Gasteiger partial charge is 0.380 e. The van der Waals surface area contributed by atoms with Crippen molar-refractivity contribution in [2.75, 3.05) is 44.3 Å². The van der Waals surface area contributed by atoms with E-state index in [4.69, 9.17) is 10.00 Å². The van der Waals surface area contributed by atoms with Crippen LogP contribution in [0, 0.1) is 34.5 Å².